The first-order valence-corrected chi connectivity index (χ1v) is 9.43. The highest BCUT2D eigenvalue weighted by Crippen LogP contribution is 2.29. The smallest absolute Gasteiger partial charge is 0.280 e. The second-order valence-electron chi connectivity index (χ2n) is 6.61. The molecule has 5 nitrogen and oxygen atoms in total. The third-order valence-corrected chi connectivity index (χ3v) is 5.24. The van der Waals surface area contributed by atoms with E-state index in [2.05, 4.69) is 45.3 Å². The molecule has 1 aromatic heterocycles. The molecule has 0 fully saturated rings. The SMILES string of the molecule is Cc1ccc2c(c1)CCCN2C(=O)c1nnn(-c2cccc(Br)c2)c1C. The molecule has 6 heteroatoms. The number of aryl methyl sites for hydroxylation is 2. The van der Waals surface area contributed by atoms with Gasteiger partial charge in [-0.05, 0) is 56.5 Å². The van der Waals surface area contributed by atoms with Gasteiger partial charge in [-0.2, -0.15) is 0 Å². The number of rotatable bonds is 2. The quantitative estimate of drug-likeness (QED) is 0.634. The van der Waals surface area contributed by atoms with Gasteiger partial charge in [0, 0.05) is 16.7 Å². The minimum Gasteiger partial charge on any atom is -0.307 e. The summed E-state index contributed by atoms with van der Waals surface area (Å²) in [5.41, 5.74) is 5.45. The van der Waals surface area contributed by atoms with Crippen molar-refractivity contribution < 1.29 is 4.79 Å². The van der Waals surface area contributed by atoms with Gasteiger partial charge in [-0.15, -0.1) is 5.10 Å². The zero-order chi connectivity index (χ0) is 18.3. The van der Waals surface area contributed by atoms with Crippen LogP contribution in [-0.2, 0) is 6.42 Å². The second kappa shape index (κ2) is 6.68. The number of carbonyl (C=O) groups excluding carboxylic acids is 1. The Hall–Kier alpha value is -2.47. The Kier molecular flexibility index (Phi) is 4.36. The van der Waals surface area contributed by atoms with Gasteiger partial charge >= 0.3 is 0 Å². The van der Waals surface area contributed by atoms with Gasteiger partial charge in [0.15, 0.2) is 5.69 Å². The molecule has 0 saturated carbocycles. The molecule has 0 saturated heterocycles. The average Bonchev–Trinajstić information content (AvgIpc) is 3.02. The number of amides is 1. The summed E-state index contributed by atoms with van der Waals surface area (Å²) >= 11 is 3.47. The zero-order valence-electron chi connectivity index (χ0n) is 14.7. The van der Waals surface area contributed by atoms with Crippen molar-refractivity contribution in [2.24, 2.45) is 0 Å². The minimum atomic E-state index is -0.0893. The summed E-state index contributed by atoms with van der Waals surface area (Å²) < 4.78 is 2.66. The first kappa shape index (κ1) is 17.0. The van der Waals surface area contributed by atoms with Gasteiger partial charge in [0.1, 0.15) is 0 Å². The fourth-order valence-corrected chi connectivity index (χ4v) is 3.83. The monoisotopic (exact) mass is 410 g/mol. The molecule has 0 spiro atoms. The lowest BCUT2D eigenvalue weighted by Crippen LogP contribution is -2.36. The summed E-state index contributed by atoms with van der Waals surface area (Å²) in [4.78, 5) is 15.0. The van der Waals surface area contributed by atoms with Gasteiger partial charge < -0.3 is 4.90 Å². The molecule has 1 aliphatic heterocycles. The molecule has 0 atom stereocenters. The van der Waals surface area contributed by atoms with E-state index in [1.807, 2.05) is 42.2 Å². The van der Waals surface area contributed by atoms with Gasteiger partial charge in [-0.25, -0.2) is 4.68 Å². The first-order chi connectivity index (χ1) is 12.5. The lowest BCUT2D eigenvalue weighted by atomic mass is 9.99. The molecule has 0 aliphatic carbocycles. The Labute approximate surface area is 160 Å². The van der Waals surface area contributed by atoms with Crippen LogP contribution < -0.4 is 4.90 Å². The van der Waals surface area contributed by atoms with E-state index in [1.54, 1.807) is 4.68 Å². The van der Waals surface area contributed by atoms with E-state index < -0.39 is 0 Å². The van der Waals surface area contributed by atoms with E-state index >= 15 is 0 Å². The first-order valence-electron chi connectivity index (χ1n) is 8.64. The predicted octanol–water partition coefficient (Wildman–Crippen LogP) is 4.24. The predicted molar refractivity (Wildman–Crippen MR) is 105 cm³/mol. The van der Waals surface area contributed by atoms with Crippen LogP contribution in [0, 0.1) is 13.8 Å². The number of benzene rings is 2. The lowest BCUT2D eigenvalue weighted by molar-refractivity contribution is 0.0979. The highest BCUT2D eigenvalue weighted by molar-refractivity contribution is 9.10. The maximum Gasteiger partial charge on any atom is 0.280 e. The van der Waals surface area contributed by atoms with Crippen LogP contribution in [0.15, 0.2) is 46.9 Å². The maximum atomic E-state index is 13.2. The average molecular weight is 411 g/mol. The highest BCUT2D eigenvalue weighted by Gasteiger charge is 2.27. The Bertz CT molecular complexity index is 995. The Balaban J connectivity index is 1.71. The number of anilines is 1. The number of fused-ring (bicyclic) bond motifs is 1. The molecule has 1 amide bonds. The van der Waals surface area contributed by atoms with Crippen LogP contribution in [0.25, 0.3) is 5.69 Å². The molecule has 1 aliphatic rings. The van der Waals surface area contributed by atoms with Crippen LogP contribution in [-0.4, -0.2) is 27.4 Å². The van der Waals surface area contributed by atoms with Crippen LogP contribution in [0.4, 0.5) is 5.69 Å². The molecule has 4 rings (SSSR count). The number of hydrogen-bond acceptors (Lipinski definition) is 3. The number of hydrogen-bond donors (Lipinski definition) is 0. The third kappa shape index (κ3) is 2.94. The largest absolute Gasteiger partial charge is 0.307 e. The van der Waals surface area contributed by atoms with Crippen molar-refractivity contribution in [2.45, 2.75) is 26.7 Å². The van der Waals surface area contributed by atoms with Crippen LogP contribution in [0.3, 0.4) is 0 Å². The summed E-state index contributed by atoms with van der Waals surface area (Å²) in [5, 5.41) is 8.41. The van der Waals surface area contributed by atoms with E-state index in [0.29, 0.717) is 12.2 Å². The molecule has 26 heavy (non-hydrogen) atoms. The van der Waals surface area contributed by atoms with Crippen molar-refractivity contribution in [1.82, 2.24) is 15.0 Å². The van der Waals surface area contributed by atoms with E-state index in [0.717, 1.165) is 34.4 Å². The molecular formula is C20H19BrN4O. The van der Waals surface area contributed by atoms with Gasteiger partial charge in [-0.3, -0.25) is 4.79 Å². The Morgan fingerprint density at radius 2 is 2.00 bits per heavy atom. The number of aromatic nitrogens is 3. The van der Waals surface area contributed by atoms with E-state index in [-0.39, 0.29) is 5.91 Å². The zero-order valence-corrected chi connectivity index (χ0v) is 16.3. The number of carbonyl (C=O) groups is 1. The summed E-state index contributed by atoms with van der Waals surface area (Å²) in [6.45, 7) is 4.67. The fourth-order valence-electron chi connectivity index (χ4n) is 3.44. The molecule has 132 valence electrons. The van der Waals surface area contributed by atoms with Crippen molar-refractivity contribution in [3.05, 3.63) is 69.5 Å². The lowest BCUT2D eigenvalue weighted by Gasteiger charge is -2.29. The summed E-state index contributed by atoms with van der Waals surface area (Å²) in [7, 11) is 0. The molecular weight excluding hydrogens is 392 g/mol. The van der Waals surface area contributed by atoms with Crippen LogP contribution in [0.2, 0.25) is 0 Å². The second-order valence-corrected chi connectivity index (χ2v) is 7.52. The fraction of sp³-hybridized carbons (Fsp3) is 0.250. The molecule has 0 N–H and O–H groups in total. The van der Waals surface area contributed by atoms with Crippen molar-refractivity contribution >= 4 is 27.5 Å². The van der Waals surface area contributed by atoms with Crippen molar-refractivity contribution in [1.29, 1.82) is 0 Å². The molecule has 2 heterocycles. The van der Waals surface area contributed by atoms with Crippen LogP contribution in [0.1, 0.15) is 33.7 Å². The normalized spacial score (nSPS) is 13.6. The maximum absolute atomic E-state index is 13.2. The van der Waals surface area contributed by atoms with Gasteiger partial charge in [0.05, 0.1) is 11.4 Å². The van der Waals surface area contributed by atoms with Crippen LogP contribution >= 0.6 is 15.9 Å². The molecule has 0 unspecified atom stereocenters. The van der Waals surface area contributed by atoms with E-state index in [9.17, 15) is 4.79 Å². The molecule has 0 radical (unpaired) electrons. The number of nitrogens with zero attached hydrogens (tertiary/aromatic N) is 4. The standard InChI is InChI=1S/C20H19BrN4O/c1-13-8-9-18-15(11-13)5-4-10-24(18)20(26)19-14(2)25(23-22-19)17-7-3-6-16(21)12-17/h3,6-9,11-12H,4-5,10H2,1-2H3. The van der Waals surface area contributed by atoms with Gasteiger partial charge in [0.25, 0.3) is 5.91 Å². The third-order valence-electron chi connectivity index (χ3n) is 4.75. The molecule has 0 bridgehead atoms. The van der Waals surface area contributed by atoms with Gasteiger partial charge in [-0.1, -0.05) is 44.9 Å². The van der Waals surface area contributed by atoms with Crippen LogP contribution in [0.5, 0.6) is 0 Å². The molecule has 2 aromatic carbocycles. The highest BCUT2D eigenvalue weighted by atomic mass is 79.9. The van der Waals surface area contributed by atoms with Crippen molar-refractivity contribution in [3.63, 3.8) is 0 Å². The van der Waals surface area contributed by atoms with Crippen molar-refractivity contribution in [3.8, 4) is 5.69 Å². The minimum absolute atomic E-state index is 0.0893. The van der Waals surface area contributed by atoms with E-state index in [4.69, 9.17) is 0 Å². The van der Waals surface area contributed by atoms with Gasteiger partial charge in [0.2, 0.25) is 0 Å². The Morgan fingerprint density at radius 3 is 2.81 bits per heavy atom. The summed E-state index contributed by atoms with van der Waals surface area (Å²) in [6, 6.07) is 14.0. The number of halogens is 1. The molecule has 3 aromatic rings. The topological polar surface area (TPSA) is 51.0 Å². The van der Waals surface area contributed by atoms with Crippen molar-refractivity contribution in [2.75, 3.05) is 11.4 Å². The summed E-state index contributed by atoms with van der Waals surface area (Å²) in [5.74, 6) is -0.0893. The summed E-state index contributed by atoms with van der Waals surface area (Å²) in [6.07, 6.45) is 1.96. The Morgan fingerprint density at radius 1 is 1.15 bits per heavy atom. The van der Waals surface area contributed by atoms with E-state index in [1.165, 1.54) is 11.1 Å².